The monoisotopic (exact) mass is 1180 g/mol. The van der Waals surface area contributed by atoms with Crippen molar-refractivity contribution in [1.82, 2.24) is 29.7 Å². The van der Waals surface area contributed by atoms with Crippen LogP contribution in [0.4, 0.5) is 0 Å². The van der Waals surface area contributed by atoms with Crippen LogP contribution in [0.2, 0.25) is 0 Å². The number of rotatable bonds is 22. The second-order valence-corrected chi connectivity index (χ2v) is 27.5. The summed E-state index contributed by atoms with van der Waals surface area (Å²) in [5.41, 5.74) is 13.6. The summed E-state index contributed by atoms with van der Waals surface area (Å²) in [6, 6.07) is 33.7. The zero-order chi connectivity index (χ0) is 59.4. The first kappa shape index (κ1) is 64.2. The predicted molar refractivity (Wildman–Crippen MR) is 332 cm³/mol. The number of nitrogens with zero attached hydrogens (tertiary/aromatic N) is 6. The lowest BCUT2D eigenvalue weighted by molar-refractivity contribution is 0.126. The van der Waals surface area contributed by atoms with E-state index in [0.29, 0.717) is 109 Å². The van der Waals surface area contributed by atoms with Gasteiger partial charge in [0, 0.05) is 112 Å². The Morgan fingerprint density at radius 1 is 0.470 bits per heavy atom. The molecule has 16 nitrogen and oxygen atoms in total. The Kier molecular flexibility index (Phi) is 23.9. The van der Waals surface area contributed by atoms with Gasteiger partial charge in [-0.05, 0) is 149 Å². The molecule has 19 heteroatoms. The molecule has 0 amide bonds. The number of aromatic nitrogens is 3. The maximum atomic E-state index is 14.3. The molecule has 0 bridgehead atoms. The summed E-state index contributed by atoms with van der Waals surface area (Å²) >= 11 is 0. The molecule has 0 saturated carbocycles. The second-order valence-electron chi connectivity index (χ2n) is 20.3. The second kappa shape index (κ2) is 30.9. The number of ether oxygens (including phenoxy) is 3. The molecule has 0 radical (unpaired) electrons. The molecule has 7 rings (SSSR count). The minimum Gasteiger partial charge on any atom is -0.497 e. The summed E-state index contributed by atoms with van der Waals surface area (Å²) in [6.45, 7) is 15.8. The fourth-order valence-electron chi connectivity index (χ4n) is 9.52. The van der Waals surface area contributed by atoms with E-state index in [1.165, 1.54) is 0 Å². The fraction of sp³-hybridized carbons (Fsp3) is 0.391. The summed E-state index contributed by atoms with van der Waals surface area (Å²) in [5.74, 6) is 22.0. The summed E-state index contributed by atoms with van der Waals surface area (Å²) < 4.78 is 76.4. The number of benzene rings is 3. The molecule has 4 heterocycles. The van der Waals surface area contributed by atoms with Gasteiger partial charge in [-0.3, -0.25) is 28.4 Å². The van der Waals surface area contributed by atoms with Crippen molar-refractivity contribution in [2.24, 2.45) is 5.73 Å². The molecule has 1 aliphatic rings. The minimum atomic E-state index is -3.36. The first-order valence-corrected chi connectivity index (χ1v) is 34.2. The first-order valence-electron chi connectivity index (χ1n) is 28.0. The Morgan fingerprint density at radius 2 is 0.807 bits per heavy atom. The van der Waals surface area contributed by atoms with Gasteiger partial charge in [0.1, 0.15) is 33.6 Å². The molecule has 3 aromatic heterocycles. The molecule has 0 aliphatic carbocycles. The van der Waals surface area contributed by atoms with E-state index in [2.05, 4.69) is 50.2 Å². The van der Waals surface area contributed by atoms with Gasteiger partial charge in [0.15, 0.2) is 0 Å². The van der Waals surface area contributed by atoms with Crippen molar-refractivity contribution >= 4 is 38.4 Å². The third kappa shape index (κ3) is 19.3. The molecule has 3 aromatic carbocycles. The molecule has 438 valence electrons. The molecule has 4 atom stereocenters. The Balaban J connectivity index is 1.33. The summed E-state index contributed by atoms with van der Waals surface area (Å²) in [7, 11) is -5.19. The molecule has 1 aliphatic heterocycles. The van der Waals surface area contributed by atoms with Gasteiger partial charge in [-0.15, -0.1) is 0 Å². The maximum Gasteiger partial charge on any atom is 0.247 e. The van der Waals surface area contributed by atoms with Gasteiger partial charge in [-0.2, -0.15) is 0 Å². The van der Waals surface area contributed by atoms with Gasteiger partial charge in [0.2, 0.25) is 22.1 Å². The van der Waals surface area contributed by atoms with Crippen LogP contribution in [0.15, 0.2) is 109 Å². The first-order chi connectivity index (χ1) is 39.9. The van der Waals surface area contributed by atoms with Crippen LogP contribution in [-0.4, -0.2) is 136 Å². The van der Waals surface area contributed by atoms with Crippen molar-refractivity contribution < 1.29 is 41.5 Å². The number of unbranched alkanes of at least 4 members (excludes halogenated alkanes) is 1. The highest BCUT2D eigenvalue weighted by molar-refractivity contribution is 7.66. The lowest BCUT2D eigenvalue weighted by Gasteiger charge is -2.35. The van der Waals surface area contributed by atoms with Crippen LogP contribution < -0.4 is 36.2 Å². The smallest absolute Gasteiger partial charge is 0.247 e. The average molecular weight is 1180 g/mol. The fourth-order valence-corrected chi connectivity index (χ4v) is 13.4. The summed E-state index contributed by atoms with van der Waals surface area (Å²) in [4.78, 5) is 22.4. The number of hydrogen-bond donors (Lipinski definition) is 1. The van der Waals surface area contributed by atoms with Crippen LogP contribution in [-0.2, 0) is 46.9 Å². The topological polar surface area (TPSA) is 181 Å². The number of nitrogens with two attached hydrogens (primary N) is 1. The van der Waals surface area contributed by atoms with Gasteiger partial charge in [-0.25, -0.2) is 15.0 Å². The predicted octanol–water partition coefficient (Wildman–Crippen LogP) is 9.12. The van der Waals surface area contributed by atoms with Gasteiger partial charge in [0.25, 0.3) is 0 Å². The van der Waals surface area contributed by atoms with Crippen molar-refractivity contribution in [3.05, 3.63) is 160 Å². The molecule has 3 unspecified atom stereocenters. The molecule has 2 N–H and O–H groups in total. The van der Waals surface area contributed by atoms with Crippen LogP contribution in [0.5, 0.6) is 17.2 Å². The molecule has 1 saturated heterocycles. The molecule has 0 spiro atoms. The number of methoxy groups -OCH3 is 3. The quantitative estimate of drug-likeness (QED) is 0.0386. The van der Waals surface area contributed by atoms with Crippen molar-refractivity contribution in [3.8, 4) is 52.8 Å². The lowest BCUT2D eigenvalue weighted by Crippen LogP contribution is -2.45. The average Bonchev–Trinajstić information content (AvgIpc) is 3.79. The minimum absolute atomic E-state index is 0.0298. The van der Waals surface area contributed by atoms with Crippen LogP contribution in [0.25, 0.3) is 0 Å². The largest absolute Gasteiger partial charge is 0.497 e. The Morgan fingerprint density at radius 3 is 1.17 bits per heavy atom. The normalized spacial score (nSPS) is 16.3. The third-order valence-corrected chi connectivity index (χ3v) is 19.3. The SMILES string of the molecule is CCOP(C)(=O)c1cc(C#Cc2ccc(OC)cc2)cc(CN2CCN(Cc3cc(C#Cc4ccc(OC)cc4)cc(P(C)(=O)OCC)n3)C[C@H](CCCCN)N(Cc3cc(C#Cc4ccc(OC)cc4)cc(P(C)(=O)OCC)n3)CC2)n1. The van der Waals surface area contributed by atoms with E-state index in [1.807, 2.05) is 112 Å². The van der Waals surface area contributed by atoms with Gasteiger partial charge >= 0.3 is 0 Å². The van der Waals surface area contributed by atoms with Crippen LogP contribution >= 0.6 is 22.1 Å². The highest BCUT2D eigenvalue weighted by Crippen LogP contribution is 2.42. The van der Waals surface area contributed by atoms with E-state index < -0.39 is 22.1 Å². The van der Waals surface area contributed by atoms with Gasteiger partial charge in [-0.1, -0.05) is 41.9 Å². The van der Waals surface area contributed by atoms with E-state index in [0.717, 1.165) is 53.2 Å². The number of hydrogen-bond acceptors (Lipinski definition) is 16. The van der Waals surface area contributed by atoms with E-state index in [9.17, 15) is 13.7 Å². The summed E-state index contributed by atoms with van der Waals surface area (Å²) in [6.07, 6.45) is 2.52. The van der Waals surface area contributed by atoms with E-state index in [4.69, 9.17) is 48.5 Å². The molecular formula is C64H78N7O9P3. The highest BCUT2D eigenvalue weighted by Gasteiger charge is 2.30. The molecule has 83 heavy (non-hydrogen) atoms. The third-order valence-electron chi connectivity index (χ3n) is 13.8. The molecule has 6 aromatic rings. The van der Waals surface area contributed by atoms with Crippen molar-refractivity contribution in [2.75, 3.05) is 100 Å². The van der Waals surface area contributed by atoms with Crippen molar-refractivity contribution in [2.45, 2.75) is 65.7 Å². The van der Waals surface area contributed by atoms with Crippen LogP contribution in [0.3, 0.4) is 0 Å². The van der Waals surface area contributed by atoms with E-state index in [-0.39, 0.29) is 25.9 Å². The maximum absolute atomic E-state index is 14.3. The van der Waals surface area contributed by atoms with Crippen molar-refractivity contribution in [1.29, 1.82) is 0 Å². The Labute approximate surface area is 491 Å². The van der Waals surface area contributed by atoms with Gasteiger partial charge in [0.05, 0.1) is 58.2 Å². The zero-order valence-electron chi connectivity index (χ0n) is 49.4. The molecule has 1 fully saturated rings. The van der Waals surface area contributed by atoms with E-state index >= 15 is 0 Å². The Bertz CT molecular complexity index is 3480. The van der Waals surface area contributed by atoms with Gasteiger partial charge < -0.3 is 33.5 Å². The van der Waals surface area contributed by atoms with Crippen LogP contribution in [0, 0.1) is 35.5 Å². The highest BCUT2D eigenvalue weighted by atomic mass is 31.2. The number of pyridine rings is 3. The zero-order valence-corrected chi connectivity index (χ0v) is 52.0. The lowest BCUT2D eigenvalue weighted by atomic mass is 10.1. The van der Waals surface area contributed by atoms with Crippen LogP contribution in [0.1, 0.15) is 90.5 Å². The standard InChI is InChI=1S/C64H78N7O9P3/c1-10-78-81(7,72)62-42-52(19-16-49-22-28-59(75-4)29-23-49)39-55(66-62)45-69-35-36-70(46-56-40-53(43-63(67-56)82(8,73)79-11-2)20-17-50-24-30-60(76-5)31-25-50)48-58(15-13-14-34-65)71(38-37-69)47-57-41-54(44-64(68-57)83(9,74)80-12-3)21-18-51-26-32-61(77-6)33-27-51/h22-33,39-44,58H,10-15,34-38,45-48,65H2,1-9H3/t58-,81?,82?,83?/m0/s1. The van der Waals surface area contributed by atoms with E-state index in [1.54, 1.807) is 59.5 Å². The summed E-state index contributed by atoms with van der Waals surface area (Å²) in [5, 5.41) is 0. The Hall–Kier alpha value is -6.40. The van der Waals surface area contributed by atoms with Crippen molar-refractivity contribution in [3.63, 3.8) is 0 Å². The molecular weight excluding hydrogens is 1100 g/mol.